The lowest BCUT2D eigenvalue weighted by Crippen LogP contribution is -2.27. The number of aromatic nitrogens is 2. The summed E-state index contributed by atoms with van der Waals surface area (Å²) in [7, 11) is 0. The van der Waals surface area contributed by atoms with E-state index in [2.05, 4.69) is 17.2 Å². The Hall–Kier alpha value is -1.81. The van der Waals surface area contributed by atoms with Crippen LogP contribution in [-0.4, -0.2) is 16.5 Å². The maximum Gasteiger partial charge on any atom is 0.133 e. The lowest BCUT2D eigenvalue weighted by Gasteiger charge is -2.20. The number of fused-ring (bicyclic) bond motifs is 1. The second-order valence-corrected chi connectivity index (χ2v) is 5.50. The summed E-state index contributed by atoms with van der Waals surface area (Å²) in [4.78, 5) is 9.42. The molecule has 0 spiro atoms. The average Bonchev–Trinajstić information content (AvgIpc) is 2.47. The van der Waals surface area contributed by atoms with Crippen molar-refractivity contribution in [3.63, 3.8) is 0 Å². The molecule has 110 valence electrons. The molecule has 1 aromatic carbocycles. The number of halogens is 1. The molecule has 21 heavy (non-hydrogen) atoms. The monoisotopic (exact) mass is 285 g/mol. The maximum atomic E-state index is 13.3. The predicted molar refractivity (Wildman–Crippen MR) is 80.6 cm³/mol. The van der Waals surface area contributed by atoms with E-state index in [9.17, 15) is 4.39 Å². The van der Waals surface area contributed by atoms with Gasteiger partial charge in [0.15, 0.2) is 0 Å². The Morgan fingerprint density at radius 3 is 3.00 bits per heavy atom. The van der Waals surface area contributed by atoms with Crippen LogP contribution in [0.1, 0.15) is 41.7 Å². The van der Waals surface area contributed by atoms with E-state index >= 15 is 0 Å². The summed E-state index contributed by atoms with van der Waals surface area (Å²) in [5, 5.41) is 3.36. The van der Waals surface area contributed by atoms with E-state index in [1.807, 2.05) is 6.07 Å². The Morgan fingerprint density at radius 2 is 2.19 bits per heavy atom. The standard InChI is InChI=1S/C17H20FN3/c1-2-4-15-14-7-8-19-11-16(14)21-17(20-15)10-12-5-3-6-13(18)9-12/h3,5-6,9,19H,2,4,7-8,10-11H2,1H3. The summed E-state index contributed by atoms with van der Waals surface area (Å²) in [6.07, 6.45) is 3.66. The molecule has 3 nitrogen and oxygen atoms in total. The lowest BCUT2D eigenvalue weighted by molar-refractivity contribution is 0.606. The molecule has 1 aliphatic rings. The first kappa shape index (κ1) is 14.1. The van der Waals surface area contributed by atoms with Crippen molar-refractivity contribution in [1.29, 1.82) is 0 Å². The molecule has 0 saturated heterocycles. The van der Waals surface area contributed by atoms with Gasteiger partial charge in [-0.3, -0.25) is 0 Å². The second kappa shape index (κ2) is 6.31. The van der Waals surface area contributed by atoms with E-state index in [1.54, 1.807) is 12.1 Å². The molecule has 0 fully saturated rings. The van der Waals surface area contributed by atoms with Crippen molar-refractivity contribution in [3.05, 3.63) is 58.4 Å². The van der Waals surface area contributed by atoms with Gasteiger partial charge in [-0.1, -0.05) is 25.5 Å². The summed E-state index contributed by atoms with van der Waals surface area (Å²) < 4.78 is 13.3. The molecule has 4 heteroatoms. The molecule has 2 heterocycles. The Balaban J connectivity index is 1.93. The Kier molecular flexibility index (Phi) is 4.25. The normalized spacial score (nSPS) is 14.0. The zero-order valence-electron chi connectivity index (χ0n) is 12.3. The first-order valence-corrected chi connectivity index (χ1v) is 7.59. The number of aryl methyl sites for hydroxylation is 1. The van der Waals surface area contributed by atoms with Gasteiger partial charge in [0.25, 0.3) is 0 Å². The van der Waals surface area contributed by atoms with E-state index in [0.717, 1.165) is 49.4 Å². The lowest BCUT2D eigenvalue weighted by atomic mass is 10.0. The molecular weight excluding hydrogens is 265 g/mol. The van der Waals surface area contributed by atoms with E-state index in [1.165, 1.54) is 17.3 Å². The third-order valence-corrected chi connectivity index (χ3v) is 3.81. The summed E-state index contributed by atoms with van der Waals surface area (Å²) in [5.41, 5.74) is 4.53. The number of nitrogens with one attached hydrogen (secondary N) is 1. The van der Waals surface area contributed by atoms with Gasteiger partial charge in [0, 0.05) is 18.7 Å². The maximum absolute atomic E-state index is 13.3. The predicted octanol–water partition coefficient (Wildman–Crippen LogP) is 2.80. The minimum Gasteiger partial charge on any atom is -0.311 e. The Morgan fingerprint density at radius 1 is 1.29 bits per heavy atom. The molecule has 0 atom stereocenters. The minimum absolute atomic E-state index is 0.207. The van der Waals surface area contributed by atoms with Crippen LogP contribution in [0.25, 0.3) is 0 Å². The van der Waals surface area contributed by atoms with Crippen LogP contribution >= 0.6 is 0 Å². The van der Waals surface area contributed by atoms with Crippen molar-refractivity contribution in [2.24, 2.45) is 0 Å². The second-order valence-electron chi connectivity index (χ2n) is 5.50. The van der Waals surface area contributed by atoms with Crippen LogP contribution in [0.4, 0.5) is 4.39 Å². The SMILES string of the molecule is CCCc1nc(Cc2cccc(F)c2)nc2c1CCNC2. The van der Waals surface area contributed by atoms with Crippen molar-refractivity contribution < 1.29 is 4.39 Å². The molecule has 3 rings (SSSR count). The van der Waals surface area contributed by atoms with Crippen LogP contribution in [0, 0.1) is 5.82 Å². The third kappa shape index (κ3) is 3.27. The van der Waals surface area contributed by atoms with Crippen molar-refractivity contribution in [2.45, 2.75) is 39.2 Å². The van der Waals surface area contributed by atoms with Gasteiger partial charge in [0.2, 0.25) is 0 Å². The quantitative estimate of drug-likeness (QED) is 0.938. The fourth-order valence-corrected chi connectivity index (χ4v) is 2.85. The molecule has 2 aromatic rings. The molecule has 1 aromatic heterocycles. The number of rotatable bonds is 4. The van der Waals surface area contributed by atoms with Gasteiger partial charge in [-0.25, -0.2) is 14.4 Å². The number of hydrogen-bond acceptors (Lipinski definition) is 3. The highest BCUT2D eigenvalue weighted by molar-refractivity contribution is 5.30. The van der Waals surface area contributed by atoms with Gasteiger partial charge >= 0.3 is 0 Å². The van der Waals surface area contributed by atoms with Crippen LogP contribution in [0.3, 0.4) is 0 Å². The zero-order valence-corrected chi connectivity index (χ0v) is 12.3. The molecule has 0 aliphatic carbocycles. The van der Waals surface area contributed by atoms with Crippen LogP contribution in [0.5, 0.6) is 0 Å². The van der Waals surface area contributed by atoms with Gasteiger partial charge in [0.05, 0.1) is 5.69 Å². The van der Waals surface area contributed by atoms with E-state index < -0.39 is 0 Å². The van der Waals surface area contributed by atoms with Crippen molar-refractivity contribution in [3.8, 4) is 0 Å². The first-order valence-electron chi connectivity index (χ1n) is 7.59. The van der Waals surface area contributed by atoms with Gasteiger partial charge in [-0.15, -0.1) is 0 Å². The first-order chi connectivity index (χ1) is 10.3. The zero-order chi connectivity index (χ0) is 14.7. The van der Waals surface area contributed by atoms with Gasteiger partial charge < -0.3 is 5.32 Å². The fourth-order valence-electron chi connectivity index (χ4n) is 2.85. The van der Waals surface area contributed by atoms with E-state index in [4.69, 9.17) is 4.98 Å². The molecule has 0 amide bonds. The van der Waals surface area contributed by atoms with E-state index in [0.29, 0.717) is 6.42 Å². The summed E-state index contributed by atoms with van der Waals surface area (Å²) in [6, 6.07) is 6.67. The largest absolute Gasteiger partial charge is 0.311 e. The Labute approximate surface area is 124 Å². The van der Waals surface area contributed by atoms with Gasteiger partial charge in [-0.05, 0) is 42.6 Å². The molecule has 1 aliphatic heterocycles. The molecular formula is C17H20FN3. The topological polar surface area (TPSA) is 37.8 Å². The molecule has 0 saturated carbocycles. The Bertz CT molecular complexity index is 640. The van der Waals surface area contributed by atoms with Crippen molar-refractivity contribution in [2.75, 3.05) is 6.54 Å². The number of hydrogen-bond donors (Lipinski definition) is 1. The number of benzene rings is 1. The molecule has 1 N–H and O–H groups in total. The fraction of sp³-hybridized carbons (Fsp3) is 0.412. The van der Waals surface area contributed by atoms with Crippen LogP contribution < -0.4 is 5.32 Å². The summed E-state index contributed by atoms with van der Waals surface area (Å²) in [6.45, 7) is 3.98. The van der Waals surface area contributed by atoms with Crippen molar-refractivity contribution in [1.82, 2.24) is 15.3 Å². The molecule has 0 radical (unpaired) electrons. The summed E-state index contributed by atoms with van der Waals surface area (Å²) >= 11 is 0. The molecule has 0 bridgehead atoms. The highest BCUT2D eigenvalue weighted by Crippen LogP contribution is 2.19. The van der Waals surface area contributed by atoms with Gasteiger partial charge in [-0.2, -0.15) is 0 Å². The highest BCUT2D eigenvalue weighted by Gasteiger charge is 2.17. The highest BCUT2D eigenvalue weighted by atomic mass is 19.1. The third-order valence-electron chi connectivity index (χ3n) is 3.81. The van der Waals surface area contributed by atoms with Crippen LogP contribution in [0.15, 0.2) is 24.3 Å². The van der Waals surface area contributed by atoms with E-state index in [-0.39, 0.29) is 5.82 Å². The van der Waals surface area contributed by atoms with Crippen molar-refractivity contribution >= 4 is 0 Å². The summed E-state index contributed by atoms with van der Waals surface area (Å²) in [5.74, 6) is 0.590. The molecule has 0 unspecified atom stereocenters. The smallest absolute Gasteiger partial charge is 0.133 e. The van der Waals surface area contributed by atoms with Crippen LogP contribution in [0.2, 0.25) is 0 Å². The minimum atomic E-state index is -0.207. The number of nitrogens with zero attached hydrogens (tertiary/aromatic N) is 2. The van der Waals surface area contributed by atoms with Gasteiger partial charge in [0.1, 0.15) is 11.6 Å². The average molecular weight is 285 g/mol. The van der Waals surface area contributed by atoms with Crippen LogP contribution in [-0.2, 0) is 25.8 Å².